The van der Waals surface area contributed by atoms with E-state index < -0.39 is 5.97 Å². The highest BCUT2D eigenvalue weighted by Gasteiger charge is 2.08. The highest BCUT2D eigenvalue weighted by Crippen LogP contribution is 2.20. The monoisotopic (exact) mass is 201 g/mol. The number of carbonyl (C=O) groups is 1. The Bertz CT molecular complexity index is 552. The van der Waals surface area contributed by atoms with E-state index >= 15 is 0 Å². The first kappa shape index (κ1) is 9.52. The van der Waals surface area contributed by atoms with Crippen molar-refractivity contribution in [3.8, 4) is 0 Å². The Morgan fingerprint density at radius 2 is 2.13 bits per heavy atom. The highest BCUT2D eigenvalue weighted by molar-refractivity contribution is 6.15. The van der Waals surface area contributed by atoms with Gasteiger partial charge in [-0.15, -0.1) is 0 Å². The minimum absolute atomic E-state index is 0.123. The molecule has 1 aromatic heterocycles. The van der Waals surface area contributed by atoms with Crippen molar-refractivity contribution in [3.63, 3.8) is 0 Å². The van der Waals surface area contributed by atoms with E-state index in [2.05, 4.69) is 6.58 Å². The van der Waals surface area contributed by atoms with E-state index in [4.69, 9.17) is 5.11 Å². The average Bonchev–Trinajstić information content (AvgIpc) is 2.59. The lowest BCUT2D eigenvalue weighted by atomic mass is 10.1. The smallest absolute Gasteiger partial charge is 0.335 e. The Morgan fingerprint density at radius 3 is 2.80 bits per heavy atom. The Labute approximate surface area is 87.3 Å². The molecule has 0 aliphatic heterocycles. The third-order valence-electron chi connectivity index (χ3n) is 2.49. The van der Waals surface area contributed by atoms with E-state index in [1.54, 1.807) is 6.07 Å². The van der Waals surface area contributed by atoms with Crippen LogP contribution >= 0.6 is 0 Å². The summed E-state index contributed by atoms with van der Waals surface area (Å²) in [7, 11) is 1.93. The van der Waals surface area contributed by atoms with Gasteiger partial charge in [-0.2, -0.15) is 0 Å². The summed E-state index contributed by atoms with van der Waals surface area (Å²) in [6.45, 7) is 3.54. The molecule has 3 nitrogen and oxygen atoms in total. The maximum absolute atomic E-state index is 10.8. The lowest BCUT2D eigenvalue weighted by molar-refractivity contribution is -0.130. The molecule has 3 heteroatoms. The van der Waals surface area contributed by atoms with Gasteiger partial charge in [-0.1, -0.05) is 18.7 Å². The van der Waals surface area contributed by atoms with Gasteiger partial charge in [-0.3, -0.25) is 0 Å². The molecule has 0 fully saturated rings. The fourth-order valence-electron chi connectivity index (χ4n) is 1.57. The molecule has 2 aromatic rings. The number of nitrogens with zero attached hydrogens (tertiary/aromatic N) is 1. The largest absolute Gasteiger partial charge is 0.478 e. The Kier molecular flexibility index (Phi) is 2.08. The molecular formula is C12H11NO2. The minimum atomic E-state index is -0.983. The Morgan fingerprint density at radius 1 is 1.40 bits per heavy atom. The lowest BCUT2D eigenvalue weighted by Crippen LogP contribution is -1.98. The topological polar surface area (TPSA) is 42.2 Å². The number of carboxylic acids is 1. The van der Waals surface area contributed by atoms with E-state index in [1.165, 1.54) is 0 Å². The highest BCUT2D eigenvalue weighted by atomic mass is 16.4. The van der Waals surface area contributed by atoms with E-state index in [-0.39, 0.29) is 5.57 Å². The maximum atomic E-state index is 10.8. The molecule has 0 saturated carbocycles. The molecule has 1 heterocycles. The summed E-state index contributed by atoms with van der Waals surface area (Å²) >= 11 is 0. The molecule has 0 saturated heterocycles. The van der Waals surface area contributed by atoms with E-state index in [9.17, 15) is 4.79 Å². The standard InChI is InChI=1S/C12H11NO2/c1-8(12(14)15)10-4-3-9-5-6-13(2)11(9)7-10/h3-7H,1H2,2H3,(H,14,15). The number of aromatic nitrogens is 1. The summed E-state index contributed by atoms with van der Waals surface area (Å²) in [4.78, 5) is 10.8. The van der Waals surface area contributed by atoms with Gasteiger partial charge in [0.1, 0.15) is 0 Å². The van der Waals surface area contributed by atoms with Crippen LogP contribution in [0.2, 0.25) is 0 Å². The number of aliphatic carboxylic acids is 1. The molecular weight excluding hydrogens is 190 g/mol. The van der Waals surface area contributed by atoms with E-state index in [0.29, 0.717) is 5.56 Å². The second kappa shape index (κ2) is 3.28. The molecule has 15 heavy (non-hydrogen) atoms. The molecule has 2 rings (SSSR count). The molecule has 0 radical (unpaired) electrons. The van der Waals surface area contributed by atoms with Gasteiger partial charge in [-0.25, -0.2) is 4.79 Å². The first-order valence-corrected chi connectivity index (χ1v) is 4.57. The normalized spacial score (nSPS) is 10.5. The zero-order valence-corrected chi connectivity index (χ0v) is 8.40. The molecule has 0 bridgehead atoms. The maximum Gasteiger partial charge on any atom is 0.335 e. The van der Waals surface area contributed by atoms with Gasteiger partial charge in [0, 0.05) is 18.8 Å². The number of benzene rings is 1. The van der Waals surface area contributed by atoms with Crippen LogP contribution in [-0.2, 0) is 11.8 Å². The predicted molar refractivity (Wildman–Crippen MR) is 59.6 cm³/mol. The summed E-state index contributed by atoms with van der Waals surface area (Å²) in [5.74, 6) is -0.983. The van der Waals surface area contributed by atoms with Gasteiger partial charge in [0.05, 0.1) is 5.57 Å². The van der Waals surface area contributed by atoms with Crippen LogP contribution < -0.4 is 0 Å². The van der Waals surface area contributed by atoms with Crippen molar-refractivity contribution in [3.05, 3.63) is 42.6 Å². The van der Waals surface area contributed by atoms with Crippen LogP contribution in [0.1, 0.15) is 5.56 Å². The van der Waals surface area contributed by atoms with Crippen molar-refractivity contribution in [2.24, 2.45) is 7.05 Å². The molecule has 76 valence electrons. The summed E-state index contributed by atoms with van der Waals surface area (Å²) in [5, 5.41) is 9.92. The molecule has 0 aliphatic carbocycles. The second-order valence-electron chi connectivity index (χ2n) is 3.48. The molecule has 0 aliphatic rings. The molecule has 0 atom stereocenters. The van der Waals surface area contributed by atoms with Crippen LogP contribution in [0.15, 0.2) is 37.0 Å². The van der Waals surface area contributed by atoms with Crippen molar-refractivity contribution in [1.82, 2.24) is 4.57 Å². The van der Waals surface area contributed by atoms with Crippen LogP contribution in [0.5, 0.6) is 0 Å². The third-order valence-corrected chi connectivity index (χ3v) is 2.49. The lowest BCUT2D eigenvalue weighted by Gasteiger charge is -2.02. The third kappa shape index (κ3) is 1.52. The van der Waals surface area contributed by atoms with Crippen LogP contribution in [-0.4, -0.2) is 15.6 Å². The van der Waals surface area contributed by atoms with Crippen LogP contribution in [0.4, 0.5) is 0 Å². The fraction of sp³-hybridized carbons (Fsp3) is 0.0833. The average molecular weight is 201 g/mol. The van der Waals surface area contributed by atoms with Crippen LogP contribution in [0, 0.1) is 0 Å². The van der Waals surface area contributed by atoms with Gasteiger partial charge in [0.25, 0.3) is 0 Å². The van der Waals surface area contributed by atoms with E-state index in [1.807, 2.05) is 36.0 Å². The number of hydrogen-bond acceptors (Lipinski definition) is 1. The van der Waals surface area contributed by atoms with Crippen LogP contribution in [0.25, 0.3) is 16.5 Å². The van der Waals surface area contributed by atoms with Gasteiger partial charge in [0.2, 0.25) is 0 Å². The first-order chi connectivity index (χ1) is 7.09. The van der Waals surface area contributed by atoms with Crippen LogP contribution in [0.3, 0.4) is 0 Å². The van der Waals surface area contributed by atoms with Crippen molar-refractivity contribution in [1.29, 1.82) is 0 Å². The van der Waals surface area contributed by atoms with Gasteiger partial charge < -0.3 is 9.67 Å². The first-order valence-electron chi connectivity index (χ1n) is 4.57. The second-order valence-corrected chi connectivity index (χ2v) is 3.48. The van der Waals surface area contributed by atoms with Crippen molar-refractivity contribution in [2.75, 3.05) is 0 Å². The summed E-state index contributed by atoms with van der Waals surface area (Å²) in [6.07, 6.45) is 1.94. The van der Waals surface area contributed by atoms with Gasteiger partial charge in [-0.05, 0) is 23.1 Å². The number of fused-ring (bicyclic) bond motifs is 1. The minimum Gasteiger partial charge on any atom is -0.478 e. The Balaban J connectivity index is 2.59. The van der Waals surface area contributed by atoms with Gasteiger partial charge >= 0.3 is 5.97 Å². The van der Waals surface area contributed by atoms with Crippen molar-refractivity contribution in [2.45, 2.75) is 0 Å². The number of rotatable bonds is 2. The molecule has 1 aromatic carbocycles. The summed E-state index contributed by atoms with van der Waals surface area (Å²) in [6, 6.07) is 7.51. The predicted octanol–water partition coefficient (Wildman–Crippen LogP) is 2.28. The number of hydrogen-bond donors (Lipinski definition) is 1. The SMILES string of the molecule is C=C(C(=O)O)c1ccc2ccn(C)c2c1. The molecule has 0 unspecified atom stereocenters. The fourth-order valence-corrected chi connectivity index (χ4v) is 1.57. The number of aryl methyl sites for hydroxylation is 1. The summed E-state index contributed by atoms with van der Waals surface area (Å²) in [5.41, 5.74) is 1.78. The summed E-state index contributed by atoms with van der Waals surface area (Å²) < 4.78 is 1.95. The van der Waals surface area contributed by atoms with Gasteiger partial charge in [0.15, 0.2) is 0 Å². The van der Waals surface area contributed by atoms with Crippen molar-refractivity contribution < 1.29 is 9.90 Å². The zero-order valence-electron chi connectivity index (χ0n) is 8.40. The molecule has 1 N–H and O–H groups in total. The zero-order chi connectivity index (χ0) is 11.0. The Hall–Kier alpha value is -2.03. The number of carboxylic acid groups (broad SMARTS) is 1. The quantitative estimate of drug-likeness (QED) is 0.757. The molecule has 0 spiro atoms. The molecule has 0 amide bonds. The van der Waals surface area contributed by atoms with E-state index in [0.717, 1.165) is 10.9 Å². The van der Waals surface area contributed by atoms with Crippen molar-refractivity contribution >= 4 is 22.4 Å².